The third kappa shape index (κ3) is 5.21. The second-order valence-corrected chi connectivity index (χ2v) is 10.5. The molecule has 4 aliphatic heterocycles. The lowest BCUT2D eigenvalue weighted by molar-refractivity contribution is 0.0891. The number of nitrogens with one attached hydrogen (secondary N) is 1. The van der Waals surface area contributed by atoms with E-state index >= 15 is 4.39 Å². The number of anilines is 2. The summed E-state index contributed by atoms with van der Waals surface area (Å²) in [5, 5.41) is 13.0. The fraction of sp³-hybridized carbons (Fsp3) is 0.414. The van der Waals surface area contributed by atoms with Crippen LogP contribution in [0.2, 0.25) is 0 Å². The molecule has 5 heterocycles. The van der Waals surface area contributed by atoms with Crippen molar-refractivity contribution in [2.24, 2.45) is 0 Å². The molecule has 1 amide bonds. The molecule has 1 saturated carbocycles. The van der Waals surface area contributed by atoms with Crippen molar-refractivity contribution in [3.8, 4) is 5.75 Å². The lowest BCUT2D eigenvalue weighted by Crippen LogP contribution is -2.42. The van der Waals surface area contributed by atoms with Gasteiger partial charge in [0, 0.05) is 68.8 Å². The third-order valence-corrected chi connectivity index (χ3v) is 7.82. The molecule has 6 bridgehead atoms. The number of ether oxygens (including phenoxy) is 1. The Kier molecular flexibility index (Phi) is 6.95. The summed E-state index contributed by atoms with van der Waals surface area (Å²) < 4.78 is 21.8. The highest BCUT2D eigenvalue weighted by atomic mass is 19.1. The van der Waals surface area contributed by atoms with E-state index in [0.717, 1.165) is 43.6 Å². The summed E-state index contributed by atoms with van der Waals surface area (Å²) in [6.07, 6.45) is 8.33. The number of aliphatic hydroxyl groups is 1. The number of rotatable bonds is 2. The molecule has 204 valence electrons. The van der Waals surface area contributed by atoms with E-state index in [2.05, 4.69) is 30.0 Å². The van der Waals surface area contributed by atoms with Gasteiger partial charge in [-0.25, -0.2) is 9.37 Å². The van der Waals surface area contributed by atoms with Crippen molar-refractivity contribution in [2.45, 2.75) is 37.8 Å². The van der Waals surface area contributed by atoms with Gasteiger partial charge in [-0.3, -0.25) is 9.78 Å². The molecule has 0 saturated heterocycles. The van der Waals surface area contributed by atoms with Crippen LogP contribution in [0.15, 0.2) is 54.6 Å². The molecular weight excluding hydrogens is 499 g/mol. The van der Waals surface area contributed by atoms with Crippen molar-refractivity contribution >= 4 is 28.3 Å². The predicted octanol–water partition coefficient (Wildman–Crippen LogP) is 3.29. The second kappa shape index (κ2) is 10.7. The van der Waals surface area contributed by atoms with E-state index < -0.39 is 5.82 Å². The summed E-state index contributed by atoms with van der Waals surface area (Å²) in [6, 6.07) is 8.75. The zero-order valence-corrected chi connectivity index (χ0v) is 22.0. The molecule has 39 heavy (non-hydrogen) atoms. The Morgan fingerprint density at radius 2 is 1.90 bits per heavy atom. The number of hydrogen-bond donors (Lipinski definition) is 2. The largest absolute Gasteiger partial charge is 0.488 e. The number of hydrogen-bond acceptors (Lipinski definition) is 8. The first-order chi connectivity index (χ1) is 19.0. The van der Waals surface area contributed by atoms with E-state index in [1.165, 1.54) is 6.07 Å². The first-order valence-corrected chi connectivity index (χ1v) is 13.5. The van der Waals surface area contributed by atoms with Crippen molar-refractivity contribution in [1.29, 1.82) is 0 Å². The minimum Gasteiger partial charge on any atom is -0.488 e. The molecule has 0 atom stereocenters. The third-order valence-electron chi connectivity index (χ3n) is 7.82. The smallest absolute Gasteiger partial charge is 0.254 e. The quantitative estimate of drug-likeness (QED) is 0.520. The van der Waals surface area contributed by atoms with Gasteiger partial charge in [-0.05, 0) is 49.9 Å². The molecule has 1 fully saturated rings. The minimum atomic E-state index is -0.536. The average Bonchev–Trinajstić information content (AvgIpc) is 2.93. The van der Waals surface area contributed by atoms with E-state index in [9.17, 15) is 9.90 Å². The van der Waals surface area contributed by atoms with Crippen LogP contribution in [0.3, 0.4) is 0 Å². The standard InChI is InChI=1S/C29H33FN6O3/c1-34-10-11-36-20-4-7-24(25(30)14-20)29(38)33-19-2-5-23(6-3-19)39-27-16-21(15-26-28(27)32-9-8-31-26)35(12-13-37)18-22(36)17-34/h4,7-9,14-17,19,23,37H,2-3,5-6,10-13,18H2,1H3,(H,33,38)/t19-,23+. The van der Waals surface area contributed by atoms with Crippen LogP contribution in [0.4, 0.5) is 15.8 Å². The van der Waals surface area contributed by atoms with Crippen molar-refractivity contribution in [1.82, 2.24) is 20.2 Å². The highest BCUT2D eigenvalue weighted by Gasteiger charge is 2.28. The number of carbonyl (C=O) groups excluding carboxylic acids is 1. The predicted molar refractivity (Wildman–Crippen MR) is 147 cm³/mol. The maximum absolute atomic E-state index is 15.3. The number of benzene rings is 2. The van der Waals surface area contributed by atoms with Crippen LogP contribution < -0.4 is 19.9 Å². The Bertz CT molecular complexity index is 1410. The molecular formula is C29H33FN6O3. The van der Waals surface area contributed by atoms with E-state index in [0.29, 0.717) is 42.1 Å². The maximum atomic E-state index is 15.3. The number of amides is 1. The van der Waals surface area contributed by atoms with Gasteiger partial charge < -0.3 is 29.9 Å². The van der Waals surface area contributed by atoms with Gasteiger partial charge in [0.05, 0.1) is 36.0 Å². The maximum Gasteiger partial charge on any atom is 0.254 e. The van der Waals surface area contributed by atoms with E-state index in [4.69, 9.17) is 4.74 Å². The van der Waals surface area contributed by atoms with E-state index in [-0.39, 0.29) is 30.2 Å². The van der Waals surface area contributed by atoms with Gasteiger partial charge in [0.15, 0.2) is 0 Å². The first-order valence-electron chi connectivity index (χ1n) is 13.5. The number of nitrogens with zero attached hydrogens (tertiary/aromatic N) is 5. The van der Waals surface area contributed by atoms with Gasteiger partial charge in [-0.15, -0.1) is 0 Å². The van der Waals surface area contributed by atoms with Gasteiger partial charge in [0.1, 0.15) is 17.1 Å². The van der Waals surface area contributed by atoms with Crippen LogP contribution in [0.25, 0.3) is 11.0 Å². The average molecular weight is 533 g/mol. The van der Waals surface area contributed by atoms with Crippen LogP contribution in [-0.4, -0.2) is 77.9 Å². The van der Waals surface area contributed by atoms with Crippen molar-refractivity contribution in [3.63, 3.8) is 0 Å². The lowest BCUT2D eigenvalue weighted by Gasteiger charge is -2.38. The molecule has 2 aromatic carbocycles. The molecule has 3 aromatic rings. The highest BCUT2D eigenvalue weighted by Crippen LogP contribution is 2.34. The summed E-state index contributed by atoms with van der Waals surface area (Å²) in [5.41, 5.74) is 3.96. The number of fused-ring (bicyclic) bond motifs is 3. The number of aliphatic hydroxyl groups excluding tert-OH is 1. The molecule has 1 aromatic heterocycles. The van der Waals surface area contributed by atoms with E-state index in [1.54, 1.807) is 18.5 Å². The molecule has 1 aliphatic carbocycles. The Hall–Kier alpha value is -3.92. The zero-order chi connectivity index (χ0) is 26.9. The fourth-order valence-corrected chi connectivity index (χ4v) is 5.75. The lowest BCUT2D eigenvalue weighted by atomic mass is 9.92. The van der Waals surface area contributed by atoms with Crippen LogP contribution in [0.1, 0.15) is 36.0 Å². The van der Waals surface area contributed by atoms with Gasteiger partial charge in [0.25, 0.3) is 5.91 Å². The molecule has 0 radical (unpaired) electrons. The number of carbonyl (C=O) groups is 1. The van der Waals surface area contributed by atoms with Crippen LogP contribution in [-0.2, 0) is 0 Å². The molecule has 9 nitrogen and oxygen atoms in total. The Balaban J connectivity index is 1.46. The first kappa shape index (κ1) is 25.4. The van der Waals surface area contributed by atoms with Gasteiger partial charge >= 0.3 is 0 Å². The molecule has 10 heteroatoms. The molecule has 8 rings (SSSR count). The Morgan fingerprint density at radius 1 is 1.08 bits per heavy atom. The molecule has 2 N–H and O–H groups in total. The topological polar surface area (TPSA) is 94.1 Å². The molecule has 0 unspecified atom stereocenters. The fourth-order valence-electron chi connectivity index (χ4n) is 5.75. The normalized spacial score (nSPS) is 21.7. The van der Waals surface area contributed by atoms with E-state index in [1.807, 2.05) is 31.4 Å². The molecule has 5 aliphatic rings. The van der Waals surface area contributed by atoms with Crippen molar-refractivity contribution in [3.05, 3.63) is 66.0 Å². The highest BCUT2D eigenvalue weighted by molar-refractivity contribution is 5.95. The number of aromatic nitrogens is 2. The summed E-state index contributed by atoms with van der Waals surface area (Å²) in [5.74, 6) is -0.260. The Morgan fingerprint density at radius 3 is 2.69 bits per heavy atom. The summed E-state index contributed by atoms with van der Waals surface area (Å²) >= 11 is 0. The number of halogens is 1. The van der Waals surface area contributed by atoms with Gasteiger partial charge in [0.2, 0.25) is 0 Å². The molecule has 0 spiro atoms. The van der Waals surface area contributed by atoms with Crippen LogP contribution in [0, 0.1) is 5.82 Å². The number of likely N-dealkylation sites (N-methyl/N-ethyl adjacent to an activating group) is 1. The Labute approximate surface area is 226 Å². The van der Waals surface area contributed by atoms with Crippen LogP contribution >= 0.6 is 0 Å². The summed E-state index contributed by atoms with van der Waals surface area (Å²) in [6.45, 7) is 2.23. The van der Waals surface area contributed by atoms with Crippen molar-refractivity contribution < 1.29 is 19.0 Å². The minimum absolute atomic E-state index is 0.0367. The van der Waals surface area contributed by atoms with Gasteiger partial charge in [-0.2, -0.15) is 0 Å². The van der Waals surface area contributed by atoms with Crippen molar-refractivity contribution in [2.75, 3.05) is 49.6 Å². The summed E-state index contributed by atoms with van der Waals surface area (Å²) in [7, 11) is 2.01. The van der Waals surface area contributed by atoms with Crippen LogP contribution in [0.5, 0.6) is 5.75 Å². The second-order valence-electron chi connectivity index (χ2n) is 10.5. The SMILES string of the molecule is CN1C=C2CN(CCO)c3cc(c4nccnc4c3)O[C@H]3CC[C@H](CC3)NC(=O)c3ccc(cc3F)N2CC1. The zero-order valence-electron chi connectivity index (χ0n) is 22.0. The van der Waals surface area contributed by atoms with Gasteiger partial charge in [-0.1, -0.05) is 0 Å². The summed E-state index contributed by atoms with van der Waals surface area (Å²) in [4.78, 5) is 28.3. The monoisotopic (exact) mass is 532 g/mol.